The summed E-state index contributed by atoms with van der Waals surface area (Å²) in [5.41, 5.74) is 5.44. The van der Waals surface area contributed by atoms with Gasteiger partial charge < -0.3 is 25.3 Å². The first-order valence-corrected chi connectivity index (χ1v) is 10.5. The molecule has 0 atom stereocenters. The van der Waals surface area contributed by atoms with Crippen molar-refractivity contribution < 1.29 is 41.4 Å². The van der Waals surface area contributed by atoms with Gasteiger partial charge in [-0.1, -0.05) is 11.6 Å². The maximum absolute atomic E-state index is 15.0. The van der Waals surface area contributed by atoms with E-state index in [9.17, 15) is 22.8 Å². The molecule has 0 aliphatic heterocycles. The van der Waals surface area contributed by atoms with Crippen LogP contribution in [0.15, 0.2) is 36.5 Å². The molecule has 1 aromatic heterocycles. The molecule has 3 aromatic rings. The summed E-state index contributed by atoms with van der Waals surface area (Å²) in [5.74, 6) is -7.08. The van der Waals surface area contributed by atoms with E-state index in [1.807, 2.05) is 0 Å². The number of anilines is 1. The number of nitrogens with two attached hydrogens (primary N) is 1. The molecular formula is C22H18ClF4N5O5. The Bertz CT molecular complexity index is 1360. The molecular weight excluding hydrogens is 526 g/mol. The lowest BCUT2D eigenvalue weighted by Gasteiger charge is -2.15. The molecule has 2 aromatic carbocycles. The molecule has 0 bridgehead atoms. The molecule has 0 saturated heterocycles. The fourth-order valence-electron chi connectivity index (χ4n) is 3.11. The summed E-state index contributed by atoms with van der Waals surface area (Å²) in [5, 5.41) is 14.0. The number of hydrogen-bond donors (Lipinski definition) is 3. The third kappa shape index (κ3) is 6.09. The van der Waals surface area contributed by atoms with E-state index in [4.69, 9.17) is 32.2 Å². The summed E-state index contributed by atoms with van der Waals surface area (Å²) in [4.78, 5) is 24.1. The Kier molecular flexibility index (Phi) is 7.91. The average molecular weight is 544 g/mol. The highest BCUT2D eigenvalue weighted by atomic mass is 35.5. The molecule has 0 aliphatic carbocycles. The number of nitrogens with one attached hydrogen (secondary N) is 2. The molecule has 10 nitrogen and oxygen atoms in total. The van der Waals surface area contributed by atoms with Crippen LogP contribution in [0.25, 0.3) is 11.3 Å². The minimum atomic E-state index is -5.41. The van der Waals surface area contributed by atoms with E-state index in [1.54, 1.807) is 7.05 Å². The van der Waals surface area contributed by atoms with Crippen LogP contribution in [0, 0.1) is 11.2 Å². The first kappa shape index (κ1) is 27.3. The summed E-state index contributed by atoms with van der Waals surface area (Å²) in [6.45, 7) is -0.245. The summed E-state index contributed by atoms with van der Waals surface area (Å²) < 4.78 is 68.7. The second kappa shape index (κ2) is 10.7. The molecule has 0 fully saturated rings. The Morgan fingerprint density at radius 2 is 1.89 bits per heavy atom. The molecule has 37 heavy (non-hydrogen) atoms. The number of benzene rings is 2. The van der Waals surface area contributed by atoms with Crippen molar-refractivity contribution in [3.05, 3.63) is 52.9 Å². The van der Waals surface area contributed by atoms with Crippen LogP contribution in [-0.2, 0) is 11.8 Å². The molecule has 0 saturated carbocycles. The minimum absolute atomic E-state index is 0.108. The van der Waals surface area contributed by atoms with E-state index >= 15 is 4.39 Å². The standard InChI is InChI=1S/C22H18ClF4N5O5/c1-32-18(13(23)8-30-32)12-7-10(3-5-14(12)36-9-16(28)29)31-20(33)11-4-6-15(35-2)19(17(11)24)37-21(34)22(25,26)27/h3-8H,9H2,1-2H3,(H3,28,29)(H,31,33). The van der Waals surface area contributed by atoms with Gasteiger partial charge in [0.25, 0.3) is 5.91 Å². The van der Waals surface area contributed by atoms with Gasteiger partial charge in [-0.25, -0.2) is 9.18 Å². The SMILES string of the molecule is COc1ccc(C(=O)Nc2ccc(OCC(=N)N)c(-c3c(Cl)cnn3C)c2)c(F)c1OC(=O)C(F)(F)F. The van der Waals surface area contributed by atoms with Gasteiger partial charge in [0, 0.05) is 18.3 Å². The molecule has 4 N–H and O–H groups in total. The van der Waals surface area contributed by atoms with Gasteiger partial charge in [-0.15, -0.1) is 0 Å². The summed E-state index contributed by atoms with van der Waals surface area (Å²) in [6, 6.07) is 6.14. The lowest BCUT2D eigenvalue weighted by molar-refractivity contribution is -0.190. The molecule has 3 rings (SSSR count). The Labute approximate surface area is 211 Å². The highest BCUT2D eigenvalue weighted by Crippen LogP contribution is 2.38. The van der Waals surface area contributed by atoms with Crippen LogP contribution in [0.2, 0.25) is 5.02 Å². The quantitative estimate of drug-likeness (QED) is 0.128. The smallest absolute Gasteiger partial charge is 0.491 e. The number of hydrogen-bond acceptors (Lipinski definition) is 7. The molecule has 0 radical (unpaired) electrons. The topological polar surface area (TPSA) is 142 Å². The van der Waals surface area contributed by atoms with Crippen LogP contribution in [0.4, 0.5) is 23.2 Å². The van der Waals surface area contributed by atoms with Crippen molar-refractivity contribution in [2.75, 3.05) is 19.0 Å². The van der Waals surface area contributed by atoms with Crippen LogP contribution in [0.5, 0.6) is 17.2 Å². The number of halogens is 5. The zero-order chi connectivity index (χ0) is 27.5. The van der Waals surface area contributed by atoms with E-state index in [1.165, 1.54) is 29.1 Å². The van der Waals surface area contributed by atoms with Crippen molar-refractivity contribution >= 4 is 35.0 Å². The lowest BCUT2D eigenvalue weighted by Crippen LogP contribution is -2.28. The van der Waals surface area contributed by atoms with Crippen LogP contribution < -0.4 is 25.3 Å². The van der Waals surface area contributed by atoms with Crippen molar-refractivity contribution in [1.29, 1.82) is 5.41 Å². The highest BCUT2D eigenvalue weighted by Gasteiger charge is 2.42. The van der Waals surface area contributed by atoms with Crippen molar-refractivity contribution in [3.63, 3.8) is 0 Å². The molecule has 15 heteroatoms. The van der Waals surface area contributed by atoms with Gasteiger partial charge in [0.2, 0.25) is 5.75 Å². The number of carbonyl (C=O) groups excluding carboxylic acids is 2. The van der Waals surface area contributed by atoms with Crippen molar-refractivity contribution in [1.82, 2.24) is 9.78 Å². The number of aromatic nitrogens is 2. The first-order valence-electron chi connectivity index (χ1n) is 10.1. The van der Waals surface area contributed by atoms with Crippen LogP contribution >= 0.6 is 11.6 Å². The van der Waals surface area contributed by atoms with Crippen LogP contribution in [0.3, 0.4) is 0 Å². The highest BCUT2D eigenvalue weighted by molar-refractivity contribution is 6.33. The van der Waals surface area contributed by atoms with Gasteiger partial charge in [-0.2, -0.15) is 18.3 Å². The Balaban J connectivity index is 1.98. The minimum Gasteiger partial charge on any atom is -0.493 e. The zero-order valence-electron chi connectivity index (χ0n) is 19.1. The van der Waals surface area contributed by atoms with Gasteiger partial charge in [0.05, 0.1) is 29.6 Å². The Morgan fingerprint density at radius 3 is 2.46 bits per heavy atom. The van der Waals surface area contributed by atoms with Crippen molar-refractivity contribution in [2.24, 2.45) is 12.8 Å². The number of ether oxygens (including phenoxy) is 3. The van der Waals surface area contributed by atoms with E-state index in [0.29, 0.717) is 11.3 Å². The van der Waals surface area contributed by atoms with Crippen LogP contribution in [0.1, 0.15) is 10.4 Å². The second-order valence-corrected chi connectivity index (χ2v) is 7.70. The second-order valence-electron chi connectivity index (χ2n) is 7.29. The number of alkyl halides is 3. The average Bonchev–Trinajstić information content (AvgIpc) is 3.16. The largest absolute Gasteiger partial charge is 0.493 e. The maximum Gasteiger partial charge on any atom is 0.491 e. The van der Waals surface area contributed by atoms with Gasteiger partial charge in [-0.3, -0.25) is 14.9 Å². The van der Waals surface area contributed by atoms with Crippen molar-refractivity contribution in [3.8, 4) is 28.5 Å². The van der Waals surface area contributed by atoms with Gasteiger partial charge in [0.15, 0.2) is 11.6 Å². The monoisotopic (exact) mass is 543 g/mol. The molecule has 0 aliphatic rings. The third-order valence-electron chi connectivity index (χ3n) is 4.72. The van der Waals surface area contributed by atoms with E-state index in [-0.39, 0.29) is 28.9 Å². The maximum atomic E-state index is 15.0. The van der Waals surface area contributed by atoms with E-state index < -0.39 is 40.9 Å². The van der Waals surface area contributed by atoms with Gasteiger partial charge in [0.1, 0.15) is 18.2 Å². The summed E-state index contributed by atoms with van der Waals surface area (Å²) in [6.07, 6.45) is -4.04. The number of amides is 1. The van der Waals surface area contributed by atoms with Crippen molar-refractivity contribution in [2.45, 2.75) is 6.18 Å². The predicted octanol–water partition coefficient (Wildman–Crippen LogP) is 3.92. The van der Waals surface area contributed by atoms with E-state index in [2.05, 4.69) is 15.2 Å². The lowest BCUT2D eigenvalue weighted by atomic mass is 10.1. The number of methoxy groups -OCH3 is 1. The zero-order valence-corrected chi connectivity index (χ0v) is 19.8. The fourth-order valence-corrected chi connectivity index (χ4v) is 3.37. The van der Waals surface area contributed by atoms with E-state index in [0.717, 1.165) is 19.2 Å². The Hall–Kier alpha value is -4.33. The normalized spacial score (nSPS) is 11.1. The fraction of sp³-hybridized carbons (Fsp3) is 0.182. The number of amidine groups is 1. The number of rotatable bonds is 8. The molecule has 0 spiro atoms. The molecule has 196 valence electrons. The third-order valence-corrected chi connectivity index (χ3v) is 5.00. The molecule has 1 amide bonds. The van der Waals surface area contributed by atoms with Gasteiger partial charge >= 0.3 is 12.1 Å². The molecule has 0 unspecified atom stereocenters. The van der Waals surface area contributed by atoms with Crippen LogP contribution in [-0.4, -0.2) is 47.4 Å². The molecule has 1 heterocycles. The predicted molar refractivity (Wildman–Crippen MR) is 124 cm³/mol. The Morgan fingerprint density at radius 1 is 1.22 bits per heavy atom. The first-order chi connectivity index (χ1) is 17.3. The summed E-state index contributed by atoms with van der Waals surface area (Å²) >= 11 is 6.23. The number of esters is 1. The van der Waals surface area contributed by atoms with Gasteiger partial charge in [-0.05, 0) is 30.3 Å². The number of nitrogens with zero attached hydrogens (tertiary/aromatic N) is 2. The number of carbonyl (C=O) groups is 2. The number of aryl methyl sites for hydroxylation is 1. The summed E-state index contributed by atoms with van der Waals surface area (Å²) in [7, 11) is 2.61.